The Morgan fingerprint density at radius 3 is 2.82 bits per heavy atom. The number of carbonyl (C=O) groups is 2. The highest BCUT2D eigenvalue weighted by molar-refractivity contribution is 6.18. The van der Waals surface area contributed by atoms with Crippen molar-refractivity contribution in [1.29, 1.82) is 0 Å². The van der Waals surface area contributed by atoms with E-state index in [1.165, 1.54) is 6.92 Å². The van der Waals surface area contributed by atoms with E-state index < -0.39 is 6.09 Å². The first-order valence-corrected chi connectivity index (χ1v) is 3.73. The molecule has 5 heteroatoms. The van der Waals surface area contributed by atoms with Gasteiger partial charge in [0.1, 0.15) is 6.10 Å². The maximum atomic E-state index is 10.8. The average Bonchev–Trinajstić information content (AvgIpc) is 2.30. The van der Waals surface area contributed by atoms with Crippen molar-refractivity contribution in [3.8, 4) is 0 Å². The maximum Gasteiger partial charge on any atom is 0.417 e. The quantitative estimate of drug-likeness (QED) is 0.551. The molecule has 0 spiro atoms. The highest BCUT2D eigenvalue weighted by atomic mass is 35.5. The van der Waals surface area contributed by atoms with E-state index in [9.17, 15) is 9.59 Å². The van der Waals surface area contributed by atoms with E-state index in [1.54, 1.807) is 0 Å². The Morgan fingerprint density at radius 1 is 1.91 bits per heavy atom. The lowest BCUT2D eigenvalue weighted by molar-refractivity contribution is -0.125. The van der Waals surface area contributed by atoms with Crippen LogP contribution in [0.5, 0.6) is 0 Å². The van der Waals surface area contributed by atoms with E-state index in [4.69, 9.17) is 16.3 Å². The molecule has 1 rings (SSSR count). The highest BCUT2D eigenvalue weighted by Crippen LogP contribution is 2.11. The summed E-state index contributed by atoms with van der Waals surface area (Å²) < 4.78 is 4.72. The number of rotatable bonds is 1. The van der Waals surface area contributed by atoms with Crippen molar-refractivity contribution in [1.82, 2.24) is 4.90 Å². The third-order valence-corrected chi connectivity index (χ3v) is 1.77. The van der Waals surface area contributed by atoms with Crippen LogP contribution < -0.4 is 0 Å². The first-order valence-electron chi connectivity index (χ1n) is 3.20. The van der Waals surface area contributed by atoms with Crippen LogP contribution in [-0.2, 0) is 9.53 Å². The zero-order valence-corrected chi connectivity index (χ0v) is 6.80. The summed E-state index contributed by atoms with van der Waals surface area (Å²) in [5.74, 6) is -0.0715. The fraction of sp³-hybridized carbons (Fsp3) is 0.667. The summed E-state index contributed by atoms with van der Waals surface area (Å²) in [4.78, 5) is 22.5. The Balaban J connectivity index is 2.59. The van der Waals surface area contributed by atoms with Gasteiger partial charge in [-0.15, -0.1) is 11.6 Å². The molecule has 0 aromatic carbocycles. The molecule has 1 saturated heterocycles. The molecule has 62 valence electrons. The molecular weight excluding hydrogens is 170 g/mol. The van der Waals surface area contributed by atoms with Crippen molar-refractivity contribution in [2.24, 2.45) is 0 Å². The number of alkyl halides is 1. The van der Waals surface area contributed by atoms with Gasteiger partial charge in [0.25, 0.3) is 0 Å². The predicted octanol–water partition coefficient (Wildman–Crippen LogP) is 0.593. The van der Waals surface area contributed by atoms with Crippen LogP contribution >= 0.6 is 11.6 Å². The van der Waals surface area contributed by atoms with Gasteiger partial charge in [-0.25, -0.2) is 9.69 Å². The van der Waals surface area contributed by atoms with Crippen LogP contribution in [0.3, 0.4) is 0 Å². The molecule has 0 unspecified atom stereocenters. The second-order valence-electron chi connectivity index (χ2n) is 2.29. The summed E-state index contributed by atoms with van der Waals surface area (Å²) in [5, 5.41) is 0. The minimum atomic E-state index is -0.594. The molecule has 0 bridgehead atoms. The van der Waals surface area contributed by atoms with Crippen molar-refractivity contribution < 1.29 is 14.3 Å². The summed E-state index contributed by atoms with van der Waals surface area (Å²) in [6.07, 6.45) is -0.934. The lowest BCUT2D eigenvalue weighted by Crippen LogP contribution is -2.30. The molecule has 1 aliphatic heterocycles. The highest BCUT2D eigenvalue weighted by Gasteiger charge is 2.32. The molecule has 0 aromatic rings. The zero-order valence-electron chi connectivity index (χ0n) is 6.04. The van der Waals surface area contributed by atoms with Crippen LogP contribution in [0.15, 0.2) is 0 Å². The third kappa shape index (κ3) is 1.63. The second kappa shape index (κ2) is 3.09. The molecule has 0 radical (unpaired) electrons. The Bertz CT molecular complexity index is 194. The first-order chi connectivity index (χ1) is 5.15. The second-order valence-corrected chi connectivity index (χ2v) is 2.60. The largest absolute Gasteiger partial charge is 0.443 e. The minimum Gasteiger partial charge on any atom is -0.443 e. The van der Waals surface area contributed by atoms with Gasteiger partial charge in [-0.1, -0.05) is 0 Å². The van der Waals surface area contributed by atoms with Crippen LogP contribution in [-0.4, -0.2) is 35.4 Å². The molecule has 0 aromatic heterocycles. The Labute approximate surface area is 69.1 Å². The van der Waals surface area contributed by atoms with Crippen molar-refractivity contribution in [3.63, 3.8) is 0 Å². The normalized spacial score (nSPS) is 23.6. The first kappa shape index (κ1) is 8.33. The van der Waals surface area contributed by atoms with Crippen LogP contribution in [0.25, 0.3) is 0 Å². The third-order valence-electron chi connectivity index (χ3n) is 1.43. The van der Waals surface area contributed by atoms with Crippen LogP contribution in [0.2, 0.25) is 0 Å². The van der Waals surface area contributed by atoms with Gasteiger partial charge >= 0.3 is 6.09 Å². The van der Waals surface area contributed by atoms with Crippen LogP contribution in [0.1, 0.15) is 6.92 Å². The molecule has 11 heavy (non-hydrogen) atoms. The van der Waals surface area contributed by atoms with Crippen LogP contribution in [0.4, 0.5) is 4.79 Å². The maximum absolute atomic E-state index is 10.8. The number of imide groups is 1. The zero-order chi connectivity index (χ0) is 8.43. The number of hydrogen-bond acceptors (Lipinski definition) is 3. The number of halogens is 1. The van der Waals surface area contributed by atoms with E-state index in [0.717, 1.165) is 4.90 Å². The molecule has 0 saturated carbocycles. The van der Waals surface area contributed by atoms with Gasteiger partial charge in [-0.05, 0) is 0 Å². The lowest BCUT2D eigenvalue weighted by atomic mass is 10.4. The average molecular weight is 178 g/mol. The summed E-state index contributed by atoms with van der Waals surface area (Å²) in [5.41, 5.74) is 0. The lowest BCUT2D eigenvalue weighted by Gasteiger charge is -2.04. The van der Waals surface area contributed by atoms with Gasteiger partial charge in [0.15, 0.2) is 0 Å². The number of amides is 2. The standard InChI is InChI=1S/C6H8ClNO3/c1-4(9)8-3-5(2-7)11-6(8)10/h5H,2-3H2,1H3/t5-/m1/s1. The molecule has 1 fully saturated rings. The molecular formula is C6H8ClNO3. The molecule has 4 nitrogen and oxygen atoms in total. The molecule has 1 aliphatic rings. The van der Waals surface area contributed by atoms with Gasteiger partial charge in [-0.2, -0.15) is 0 Å². The van der Waals surface area contributed by atoms with Crippen molar-refractivity contribution in [3.05, 3.63) is 0 Å². The summed E-state index contributed by atoms with van der Waals surface area (Å²) >= 11 is 5.43. The molecule has 1 heterocycles. The number of carbonyl (C=O) groups excluding carboxylic acids is 2. The molecule has 1 atom stereocenters. The minimum absolute atomic E-state index is 0.232. The SMILES string of the molecule is CC(=O)N1C[C@@H](CCl)OC1=O. The number of hydrogen-bond donors (Lipinski definition) is 0. The summed E-state index contributed by atoms with van der Waals surface area (Å²) in [6, 6.07) is 0. The van der Waals surface area contributed by atoms with E-state index in [0.29, 0.717) is 0 Å². The molecule has 2 amide bonds. The Kier molecular flexibility index (Phi) is 2.34. The summed E-state index contributed by atoms with van der Waals surface area (Å²) in [6.45, 7) is 1.59. The van der Waals surface area contributed by atoms with E-state index in [1.807, 2.05) is 0 Å². The summed E-state index contributed by atoms with van der Waals surface area (Å²) in [7, 11) is 0. The van der Waals surface area contributed by atoms with E-state index >= 15 is 0 Å². The van der Waals surface area contributed by atoms with Gasteiger partial charge < -0.3 is 4.74 Å². The Morgan fingerprint density at radius 2 is 2.55 bits per heavy atom. The van der Waals surface area contributed by atoms with Crippen molar-refractivity contribution >= 4 is 23.6 Å². The fourth-order valence-electron chi connectivity index (χ4n) is 0.859. The topological polar surface area (TPSA) is 46.6 Å². The van der Waals surface area contributed by atoms with Crippen LogP contribution in [0, 0.1) is 0 Å². The van der Waals surface area contributed by atoms with Crippen molar-refractivity contribution in [2.45, 2.75) is 13.0 Å². The number of cyclic esters (lactones) is 1. The van der Waals surface area contributed by atoms with Gasteiger partial charge in [0.2, 0.25) is 5.91 Å². The van der Waals surface area contributed by atoms with Gasteiger partial charge in [0.05, 0.1) is 12.4 Å². The van der Waals surface area contributed by atoms with Gasteiger partial charge in [0, 0.05) is 6.92 Å². The predicted molar refractivity (Wildman–Crippen MR) is 38.4 cm³/mol. The number of ether oxygens (including phenoxy) is 1. The van der Waals surface area contributed by atoms with E-state index in [-0.39, 0.29) is 24.4 Å². The van der Waals surface area contributed by atoms with E-state index in [2.05, 4.69) is 0 Å². The number of nitrogens with zero attached hydrogens (tertiary/aromatic N) is 1. The fourth-order valence-corrected chi connectivity index (χ4v) is 1.02. The molecule has 0 aliphatic carbocycles. The monoisotopic (exact) mass is 177 g/mol. The molecule has 0 N–H and O–H groups in total. The van der Waals surface area contributed by atoms with Crippen molar-refractivity contribution in [2.75, 3.05) is 12.4 Å². The smallest absolute Gasteiger partial charge is 0.417 e. The van der Waals surface area contributed by atoms with Gasteiger partial charge in [-0.3, -0.25) is 4.79 Å². The Hall–Kier alpha value is -0.770.